The van der Waals surface area contributed by atoms with E-state index in [1.807, 2.05) is 0 Å². The first-order chi connectivity index (χ1) is 8.42. The minimum atomic E-state index is -2.28. The maximum absolute atomic E-state index is 12.0. The average molecular weight is 252 g/mol. The third-order valence-corrected chi connectivity index (χ3v) is 2.57. The summed E-state index contributed by atoms with van der Waals surface area (Å²) in [6, 6.07) is 7.79. The first kappa shape index (κ1) is 12.5. The summed E-state index contributed by atoms with van der Waals surface area (Å²) in [4.78, 5) is 28.1. The number of carbonyl (C=O) groups is 2. The molecule has 0 amide bonds. The van der Waals surface area contributed by atoms with E-state index in [0.717, 1.165) is 0 Å². The topological polar surface area (TPSA) is 82.1 Å². The summed E-state index contributed by atoms with van der Waals surface area (Å²) in [6.07, 6.45) is 0. The fourth-order valence-corrected chi connectivity index (χ4v) is 1.73. The van der Waals surface area contributed by atoms with Gasteiger partial charge in [0, 0.05) is 19.4 Å². The summed E-state index contributed by atoms with van der Waals surface area (Å²) in [5, 5.41) is 9.00. The van der Waals surface area contributed by atoms with Crippen molar-refractivity contribution in [3.05, 3.63) is 35.9 Å². The van der Waals surface area contributed by atoms with Crippen LogP contribution >= 0.6 is 0 Å². The zero-order chi connectivity index (χ0) is 13.4. The van der Waals surface area contributed by atoms with Crippen LogP contribution in [0.2, 0.25) is 0 Å². The Morgan fingerprint density at radius 2 is 1.56 bits per heavy atom. The molecule has 0 aromatic heterocycles. The molecule has 1 aromatic rings. The van der Waals surface area contributed by atoms with E-state index in [1.165, 1.54) is 26.0 Å². The van der Waals surface area contributed by atoms with Crippen molar-refractivity contribution in [2.45, 2.75) is 25.2 Å². The molecule has 1 saturated heterocycles. The van der Waals surface area contributed by atoms with E-state index < -0.39 is 23.3 Å². The summed E-state index contributed by atoms with van der Waals surface area (Å²) >= 11 is 0. The van der Waals surface area contributed by atoms with E-state index >= 15 is 0 Å². The molecule has 1 aliphatic rings. The van der Waals surface area contributed by atoms with Crippen LogP contribution in [0.4, 0.5) is 0 Å². The standard InChI is InChI=1S/C12H12O6/c1-11(2)16-9(13)12(18-15,10(14)17-11)8-6-4-3-5-7-8/h3-7,15H,1-2H3. The lowest BCUT2D eigenvalue weighted by atomic mass is 9.93. The van der Waals surface area contributed by atoms with Crippen LogP contribution in [-0.2, 0) is 29.6 Å². The zero-order valence-corrected chi connectivity index (χ0v) is 9.88. The van der Waals surface area contributed by atoms with E-state index in [1.54, 1.807) is 18.2 Å². The Kier molecular flexibility index (Phi) is 2.84. The van der Waals surface area contributed by atoms with Gasteiger partial charge in [-0.25, -0.2) is 19.7 Å². The summed E-state index contributed by atoms with van der Waals surface area (Å²) in [7, 11) is 0. The fourth-order valence-electron chi connectivity index (χ4n) is 1.73. The molecule has 1 aromatic carbocycles. The van der Waals surface area contributed by atoms with Gasteiger partial charge in [-0.15, -0.1) is 0 Å². The van der Waals surface area contributed by atoms with E-state index in [2.05, 4.69) is 4.89 Å². The molecule has 0 atom stereocenters. The average Bonchev–Trinajstić information content (AvgIpc) is 2.29. The molecule has 0 bridgehead atoms. The van der Waals surface area contributed by atoms with Crippen LogP contribution in [0.1, 0.15) is 19.4 Å². The highest BCUT2D eigenvalue weighted by atomic mass is 17.1. The third kappa shape index (κ3) is 1.75. The zero-order valence-electron chi connectivity index (χ0n) is 9.88. The van der Waals surface area contributed by atoms with Gasteiger partial charge in [0.05, 0.1) is 0 Å². The highest BCUT2D eigenvalue weighted by Crippen LogP contribution is 2.35. The summed E-state index contributed by atoms with van der Waals surface area (Å²) in [5.41, 5.74) is -2.14. The van der Waals surface area contributed by atoms with Crippen molar-refractivity contribution in [2.75, 3.05) is 0 Å². The molecule has 6 nitrogen and oxygen atoms in total. The molecule has 1 aliphatic heterocycles. The molecule has 1 heterocycles. The predicted octanol–water partition coefficient (Wildman–Crippen LogP) is 1.21. The lowest BCUT2D eigenvalue weighted by molar-refractivity contribution is -0.345. The molecule has 1 fully saturated rings. The number of cyclic esters (lactones) is 2. The molecule has 0 radical (unpaired) electrons. The van der Waals surface area contributed by atoms with E-state index in [9.17, 15) is 9.59 Å². The summed E-state index contributed by atoms with van der Waals surface area (Å²) in [5.74, 6) is -3.42. The number of hydrogen-bond acceptors (Lipinski definition) is 6. The molecule has 0 saturated carbocycles. The molecule has 18 heavy (non-hydrogen) atoms. The fraction of sp³-hybridized carbons (Fsp3) is 0.333. The van der Waals surface area contributed by atoms with Crippen LogP contribution in [0.3, 0.4) is 0 Å². The van der Waals surface area contributed by atoms with Crippen molar-refractivity contribution in [3.8, 4) is 0 Å². The van der Waals surface area contributed by atoms with Crippen LogP contribution in [-0.4, -0.2) is 23.0 Å². The molecule has 0 spiro atoms. The van der Waals surface area contributed by atoms with Gasteiger partial charge >= 0.3 is 17.5 Å². The largest absolute Gasteiger partial charge is 0.420 e. The second-order valence-electron chi connectivity index (χ2n) is 4.32. The van der Waals surface area contributed by atoms with Crippen molar-refractivity contribution < 1.29 is 29.2 Å². The van der Waals surface area contributed by atoms with Crippen molar-refractivity contribution in [1.29, 1.82) is 0 Å². The number of benzene rings is 1. The minimum absolute atomic E-state index is 0.137. The second-order valence-corrected chi connectivity index (χ2v) is 4.32. The van der Waals surface area contributed by atoms with Gasteiger partial charge in [0.25, 0.3) is 5.79 Å². The van der Waals surface area contributed by atoms with Gasteiger partial charge in [0.2, 0.25) is 0 Å². The minimum Gasteiger partial charge on any atom is -0.420 e. The smallest absolute Gasteiger partial charge is 0.361 e. The molecular weight excluding hydrogens is 240 g/mol. The van der Waals surface area contributed by atoms with Gasteiger partial charge in [-0.1, -0.05) is 30.3 Å². The van der Waals surface area contributed by atoms with Crippen molar-refractivity contribution >= 4 is 11.9 Å². The van der Waals surface area contributed by atoms with Crippen LogP contribution < -0.4 is 0 Å². The Labute approximate surface area is 103 Å². The second kappa shape index (κ2) is 4.08. The normalized spacial score (nSPS) is 21.1. The number of hydrogen-bond donors (Lipinski definition) is 1. The predicted molar refractivity (Wildman–Crippen MR) is 58.1 cm³/mol. The van der Waals surface area contributed by atoms with E-state index in [-0.39, 0.29) is 5.56 Å². The Bertz CT molecular complexity index is 459. The Morgan fingerprint density at radius 3 is 2.00 bits per heavy atom. The lowest BCUT2D eigenvalue weighted by Crippen LogP contribution is -2.57. The van der Waals surface area contributed by atoms with Crippen molar-refractivity contribution in [3.63, 3.8) is 0 Å². The Morgan fingerprint density at radius 1 is 1.06 bits per heavy atom. The van der Waals surface area contributed by atoms with Gasteiger partial charge in [-0.2, -0.15) is 0 Å². The molecular formula is C12H12O6. The monoisotopic (exact) mass is 252 g/mol. The molecule has 0 unspecified atom stereocenters. The third-order valence-electron chi connectivity index (χ3n) is 2.57. The number of ether oxygens (including phenoxy) is 2. The molecule has 2 rings (SSSR count). The number of carbonyl (C=O) groups excluding carboxylic acids is 2. The number of rotatable bonds is 2. The SMILES string of the molecule is CC1(C)OC(=O)C(OO)(c2ccccc2)C(=O)O1. The van der Waals surface area contributed by atoms with Gasteiger partial charge in [-0.3, -0.25) is 0 Å². The first-order valence-corrected chi connectivity index (χ1v) is 5.27. The van der Waals surface area contributed by atoms with Crippen LogP contribution in [0.15, 0.2) is 30.3 Å². The van der Waals surface area contributed by atoms with Crippen LogP contribution in [0, 0.1) is 0 Å². The summed E-state index contributed by atoms with van der Waals surface area (Å²) in [6.45, 7) is 2.82. The maximum Gasteiger partial charge on any atom is 0.361 e. The molecule has 1 N–H and O–H groups in total. The quantitative estimate of drug-likeness (QED) is 0.368. The Hall–Kier alpha value is -1.92. The van der Waals surface area contributed by atoms with Gasteiger partial charge in [0.1, 0.15) is 0 Å². The highest BCUT2D eigenvalue weighted by molar-refractivity contribution is 6.05. The molecule has 96 valence electrons. The van der Waals surface area contributed by atoms with Crippen LogP contribution in [0.25, 0.3) is 0 Å². The van der Waals surface area contributed by atoms with Crippen LogP contribution in [0.5, 0.6) is 0 Å². The van der Waals surface area contributed by atoms with Gasteiger partial charge in [-0.05, 0) is 0 Å². The number of esters is 2. The summed E-state index contributed by atoms with van der Waals surface area (Å²) < 4.78 is 9.88. The maximum atomic E-state index is 12.0. The van der Waals surface area contributed by atoms with Gasteiger partial charge in [0.15, 0.2) is 0 Å². The van der Waals surface area contributed by atoms with Gasteiger partial charge < -0.3 is 9.47 Å². The van der Waals surface area contributed by atoms with Crippen molar-refractivity contribution in [2.24, 2.45) is 0 Å². The first-order valence-electron chi connectivity index (χ1n) is 5.27. The van der Waals surface area contributed by atoms with Crippen molar-refractivity contribution in [1.82, 2.24) is 0 Å². The van der Waals surface area contributed by atoms with E-state index in [4.69, 9.17) is 14.7 Å². The highest BCUT2D eigenvalue weighted by Gasteiger charge is 2.60. The Balaban J connectivity index is 2.51. The molecule has 6 heteroatoms. The molecule has 0 aliphatic carbocycles. The lowest BCUT2D eigenvalue weighted by Gasteiger charge is -2.38. The van der Waals surface area contributed by atoms with E-state index in [0.29, 0.717) is 0 Å².